The van der Waals surface area contributed by atoms with Crippen molar-refractivity contribution in [2.75, 3.05) is 0 Å². The van der Waals surface area contributed by atoms with Gasteiger partial charge in [0, 0.05) is 0 Å². The maximum absolute atomic E-state index is 9.77. The summed E-state index contributed by atoms with van der Waals surface area (Å²) in [5, 5.41) is 48.1. The van der Waals surface area contributed by atoms with Crippen LogP contribution in [0.25, 0.3) is 0 Å². The summed E-state index contributed by atoms with van der Waals surface area (Å²) in [5.74, 6) is 0. The molecule has 0 aromatic heterocycles. The largest absolute Gasteiger partial charge is 0.387 e. The molecule has 1 aromatic rings. The van der Waals surface area contributed by atoms with Gasteiger partial charge in [-0.1, -0.05) is 30.3 Å². The first-order valence-corrected chi connectivity index (χ1v) is 6.08. The summed E-state index contributed by atoms with van der Waals surface area (Å²) in [6.07, 6.45) is -8.79. The highest BCUT2D eigenvalue weighted by molar-refractivity contribution is 5.13. The molecule has 0 saturated heterocycles. The van der Waals surface area contributed by atoms with Crippen molar-refractivity contribution in [1.29, 1.82) is 0 Å². The molecule has 1 saturated carbocycles. The van der Waals surface area contributed by atoms with Gasteiger partial charge in [-0.3, -0.25) is 0 Å². The van der Waals surface area contributed by atoms with Crippen molar-refractivity contribution in [1.82, 2.24) is 0 Å². The van der Waals surface area contributed by atoms with Crippen molar-refractivity contribution in [2.24, 2.45) is 0 Å². The molecular weight excluding hydrogens is 252 g/mol. The Morgan fingerprint density at radius 1 is 0.737 bits per heavy atom. The Kier molecular flexibility index (Phi) is 4.51. The number of aliphatic hydroxyl groups is 5. The Morgan fingerprint density at radius 2 is 1.21 bits per heavy atom. The smallest absolute Gasteiger partial charge is 0.115 e. The van der Waals surface area contributed by atoms with Gasteiger partial charge in [-0.15, -0.1) is 0 Å². The van der Waals surface area contributed by atoms with Gasteiger partial charge in [-0.2, -0.15) is 0 Å². The lowest BCUT2D eigenvalue weighted by molar-refractivity contribution is -0.237. The van der Waals surface area contributed by atoms with E-state index in [1.54, 1.807) is 0 Å². The van der Waals surface area contributed by atoms with Crippen LogP contribution in [-0.2, 0) is 11.3 Å². The molecule has 1 aromatic carbocycles. The lowest BCUT2D eigenvalue weighted by Crippen LogP contribution is -2.64. The third-order valence-electron chi connectivity index (χ3n) is 3.36. The third kappa shape index (κ3) is 2.94. The molecule has 106 valence electrons. The summed E-state index contributed by atoms with van der Waals surface area (Å²) in [4.78, 5) is 0. The Hall–Kier alpha value is -1.02. The number of ether oxygens (including phenoxy) is 1. The van der Waals surface area contributed by atoms with E-state index in [0.29, 0.717) is 0 Å². The Morgan fingerprint density at radius 3 is 1.74 bits per heavy atom. The monoisotopic (exact) mass is 270 g/mol. The molecule has 5 N–H and O–H groups in total. The highest BCUT2D eigenvalue weighted by Crippen LogP contribution is 2.24. The molecule has 1 fully saturated rings. The summed E-state index contributed by atoms with van der Waals surface area (Å²) in [7, 11) is 0. The zero-order chi connectivity index (χ0) is 14.0. The average Bonchev–Trinajstić information content (AvgIpc) is 2.44. The van der Waals surface area contributed by atoms with Crippen molar-refractivity contribution in [3.8, 4) is 0 Å². The van der Waals surface area contributed by atoms with Crippen LogP contribution in [-0.4, -0.2) is 62.2 Å². The summed E-state index contributed by atoms with van der Waals surface area (Å²) < 4.78 is 5.35. The molecule has 0 bridgehead atoms. The molecular formula is C13H18O6. The fraction of sp³-hybridized carbons (Fsp3) is 0.538. The predicted octanol–water partition coefficient (Wildman–Crippen LogP) is -1.61. The van der Waals surface area contributed by atoms with Crippen LogP contribution in [0.3, 0.4) is 0 Å². The van der Waals surface area contributed by atoms with E-state index in [2.05, 4.69) is 0 Å². The van der Waals surface area contributed by atoms with Gasteiger partial charge in [0.2, 0.25) is 0 Å². The molecule has 1 aliphatic carbocycles. The van der Waals surface area contributed by atoms with Crippen molar-refractivity contribution < 1.29 is 30.3 Å². The fourth-order valence-electron chi connectivity index (χ4n) is 2.16. The maximum Gasteiger partial charge on any atom is 0.115 e. The molecule has 0 aliphatic heterocycles. The SMILES string of the molecule is OC1[C@H](O)[C@@H](O)C(OCc2ccccc2)[C@H](O)[C@H]1O. The molecule has 19 heavy (non-hydrogen) atoms. The Bertz CT molecular complexity index is 381. The number of aliphatic hydroxyl groups excluding tert-OH is 5. The molecule has 6 heteroatoms. The van der Waals surface area contributed by atoms with Gasteiger partial charge in [0.1, 0.15) is 36.6 Å². The number of hydrogen-bond donors (Lipinski definition) is 5. The molecule has 6 nitrogen and oxygen atoms in total. The van der Waals surface area contributed by atoms with Gasteiger partial charge >= 0.3 is 0 Å². The van der Waals surface area contributed by atoms with E-state index in [-0.39, 0.29) is 6.61 Å². The minimum absolute atomic E-state index is 0.120. The Labute approximate surface area is 110 Å². The van der Waals surface area contributed by atoms with Crippen molar-refractivity contribution in [3.63, 3.8) is 0 Å². The minimum atomic E-state index is -1.60. The Balaban J connectivity index is 2.02. The highest BCUT2D eigenvalue weighted by Gasteiger charge is 2.48. The highest BCUT2D eigenvalue weighted by atomic mass is 16.5. The molecule has 0 spiro atoms. The summed E-state index contributed by atoms with van der Waals surface area (Å²) in [5.41, 5.74) is 0.831. The molecule has 0 amide bonds. The van der Waals surface area contributed by atoms with Crippen molar-refractivity contribution in [3.05, 3.63) is 35.9 Å². The summed E-state index contributed by atoms with van der Waals surface area (Å²) in [6.45, 7) is 0.120. The second kappa shape index (κ2) is 5.96. The van der Waals surface area contributed by atoms with Gasteiger partial charge in [0.25, 0.3) is 0 Å². The van der Waals surface area contributed by atoms with Crippen LogP contribution in [0.1, 0.15) is 5.56 Å². The quantitative estimate of drug-likeness (QED) is 0.452. The van der Waals surface area contributed by atoms with E-state index in [9.17, 15) is 25.5 Å². The van der Waals surface area contributed by atoms with Gasteiger partial charge in [-0.05, 0) is 5.56 Å². The molecule has 0 heterocycles. The van der Waals surface area contributed by atoms with E-state index in [1.165, 1.54) is 0 Å². The van der Waals surface area contributed by atoms with E-state index >= 15 is 0 Å². The lowest BCUT2D eigenvalue weighted by atomic mass is 9.85. The second-order valence-electron chi connectivity index (χ2n) is 4.71. The van der Waals surface area contributed by atoms with Crippen LogP contribution in [0.15, 0.2) is 30.3 Å². The van der Waals surface area contributed by atoms with Gasteiger partial charge in [-0.25, -0.2) is 0 Å². The topological polar surface area (TPSA) is 110 Å². The van der Waals surface area contributed by atoms with Crippen LogP contribution in [0.2, 0.25) is 0 Å². The zero-order valence-corrected chi connectivity index (χ0v) is 10.2. The lowest BCUT2D eigenvalue weighted by Gasteiger charge is -2.41. The standard InChI is InChI=1S/C13H18O6/c14-8-9(15)11(17)13(12(18)10(8)16)19-6-7-4-2-1-3-5-7/h1-5,8-18H,6H2/t8?,9-,10-,11+,12+,13?/m0/s1. The van der Waals surface area contributed by atoms with E-state index in [0.717, 1.165) is 5.56 Å². The van der Waals surface area contributed by atoms with Crippen LogP contribution in [0.5, 0.6) is 0 Å². The van der Waals surface area contributed by atoms with Gasteiger partial charge in [0.15, 0.2) is 0 Å². The molecule has 1 aliphatic rings. The number of benzene rings is 1. The molecule has 2 rings (SSSR count). The van der Waals surface area contributed by atoms with Crippen LogP contribution >= 0.6 is 0 Å². The van der Waals surface area contributed by atoms with Gasteiger partial charge < -0.3 is 30.3 Å². The number of hydrogen-bond acceptors (Lipinski definition) is 6. The maximum atomic E-state index is 9.77. The van der Waals surface area contributed by atoms with E-state index in [4.69, 9.17) is 4.74 Å². The second-order valence-corrected chi connectivity index (χ2v) is 4.71. The first kappa shape index (κ1) is 14.4. The normalized spacial score (nSPS) is 39.2. The summed E-state index contributed by atoms with van der Waals surface area (Å²) in [6, 6.07) is 9.10. The van der Waals surface area contributed by atoms with Gasteiger partial charge in [0.05, 0.1) is 6.61 Å². The minimum Gasteiger partial charge on any atom is -0.387 e. The first-order valence-electron chi connectivity index (χ1n) is 6.08. The van der Waals surface area contributed by atoms with Crippen LogP contribution < -0.4 is 0 Å². The fourth-order valence-corrected chi connectivity index (χ4v) is 2.16. The third-order valence-corrected chi connectivity index (χ3v) is 3.36. The zero-order valence-electron chi connectivity index (χ0n) is 10.2. The number of rotatable bonds is 3. The summed E-state index contributed by atoms with van der Waals surface area (Å²) >= 11 is 0. The van der Waals surface area contributed by atoms with Crippen LogP contribution in [0, 0.1) is 0 Å². The van der Waals surface area contributed by atoms with E-state index in [1.807, 2.05) is 30.3 Å². The van der Waals surface area contributed by atoms with E-state index < -0.39 is 36.6 Å². The first-order chi connectivity index (χ1) is 9.02. The van der Waals surface area contributed by atoms with Crippen LogP contribution in [0.4, 0.5) is 0 Å². The van der Waals surface area contributed by atoms with Crippen molar-refractivity contribution >= 4 is 0 Å². The molecule has 4 atom stereocenters. The van der Waals surface area contributed by atoms with Crippen molar-refractivity contribution in [2.45, 2.75) is 43.2 Å². The molecule has 0 unspecified atom stereocenters. The molecule has 0 radical (unpaired) electrons. The average molecular weight is 270 g/mol. The predicted molar refractivity (Wildman–Crippen MR) is 65.1 cm³/mol.